The van der Waals surface area contributed by atoms with Crippen molar-refractivity contribution in [1.29, 1.82) is 0 Å². The first-order valence-electron chi connectivity index (χ1n) is 6.38. The number of alkyl halides is 1. The molecule has 18 heavy (non-hydrogen) atoms. The molecule has 0 saturated heterocycles. The van der Waals surface area contributed by atoms with Gasteiger partial charge in [-0.25, -0.2) is 0 Å². The Kier molecular flexibility index (Phi) is 7.18. The topological polar surface area (TPSA) is 30.5 Å². The van der Waals surface area contributed by atoms with E-state index in [2.05, 4.69) is 12.2 Å². The summed E-state index contributed by atoms with van der Waals surface area (Å²) >= 11 is 0. The van der Waals surface area contributed by atoms with Gasteiger partial charge in [-0.05, 0) is 19.0 Å². The van der Waals surface area contributed by atoms with Crippen molar-refractivity contribution in [2.45, 2.75) is 26.3 Å². The van der Waals surface area contributed by atoms with Crippen LogP contribution in [-0.2, 0) is 6.54 Å². The van der Waals surface area contributed by atoms with Crippen LogP contribution in [0.2, 0.25) is 0 Å². The van der Waals surface area contributed by atoms with Crippen LogP contribution in [0.5, 0.6) is 11.5 Å². The predicted octanol–water partition coefficient (Wildman–Crippen LogP) is 2.93. The van der Waals surface area contributed by atoms with Gasteiger partial charge >= 0.3 is 0 Å². The normalized spacial score (nSPS) is 10.4. The van der Waals surface area contributed by atoms with Crippen LogP contribution in [0.4, 0.5) is 4.39 Å². The molecule has 0 heterocycles. The number of hydrogen-bond donors (Lipinski definition) is 1. The minimum absolute atomic E-state index is 0.354. The molecule has 0 unspecified atom stereocenters. The number of benzene rings is 1. The molecule has 1 rings (SSSR count). The van der Waals surface area contributed by atoms with E-state index in [1.807, 2.05) is 18.2 Å². The standard InChI is InChI=1S/C14H22FNO2/c1-3-8-16-11-12-5-6-13(17-2)10-14(12)18-9-4-7-15/h5-6,10,16H,3-4,7-9,11H2,1-2H3. The smallest absolute Gasteiger partial charge is 0.127 e. The van der Waals surface area contributed by atoms with Crippen LogP contribution in [0.1, 0.15) is 25.3 Å². The average molecular weight is 255 g/mol. The number of halogens is 1. The van der Waals surface area contributed by atoms with Crippen molar-refractivity contribution in [3.8, 4) is 11.5 Å². The lowest BCUT2D eigenvalue weighted by molar-refractivity contribution is 0.285. The molecule has 0 aliphatic rings. The second-order valence-electron chi connectivity index (χ2n) is 4.04. The first-order valence-corrected chi connectivity index (χ1v) is 6.38. The Morgan fingerprint density at radius 3 is 2.83 bits per heavy atom. The largest absolute Gasteiger partial charge is 0.497 e. The third kappa shape index (κ3) is 4.92. The number of nitrogens with one attached hydrogen (secondary N) is 1. The zero-order valence-corrected chi connectivity index (χ0v) is 11.2. The Bertz CT molecular complexity index is 345. The maximum atomic E-state index is 12.1. The van der Waals surface area contributed by atoms with Gasteiger partial charge in [0, 0.05) is 24.6 Å². The van der Waals surface area contributed by atoms with Crippen molar-refractivity contribution in [1.82, 2.24) is 5.32 Å². The van der Waals surface area contributed by atoms with Gasteiger partial charge in [-0.2, -0.15) is 0 Å². The van der Waals surface area contributed by atoms with Crippen LogP contribution in [0, 0.1) is 0 Å². The Morgan fingerprint density at radius 1 is 1.33 bits per heavy atom. The highest BCUT2D eigenvalue weighted by Crippen LogP contribution is 2.25. The predicted molar refractivity (Wildman–Crippen MR) is 71.1 cm³/mol. The molecule has 1 N–H and O–H groups in total. The molecule has 0 fully saturated rings. The van der Waals surface area contributed by atoms with E-state index in [1.54, 1.807) is 7.11 Å². The molecule has 0 aliphatic carbocycles. The van der Waals surface area contributed by atoms with Gasteiger partial charge in [-0.3, -0.25) is 4.39 Å². The van der Waals surface area contributed by atoms with E-state index >= 15 is 0 Å². The molecule has 1 aromatic rings. The van der Waals surface area contributed by atoms with Crippen molar-refractivity contribution in [2.75, 3.05) is 26.9 Å². The molecule has 0 aliphatic heterocycles. The first-order chi connectivity index (χ1) is 8.81. The quantitative estimate of drug-likeness (QED) is 0.688. The van der Waals surface area contributed by atoms with Crippen LogP contribution in [0.15, 0.2) is 18.2 Å². The summed E-state index contributed by atoms with van der Waals surface area (Å²) in [6.45, 7) is 3.89. The third-order valence-electron chi connectivity index (χ3n) is 2.55. The highest BCUT2D eigenvalue weighted by molar-refractivity contribution is 5.40. The first kappa shape index (κ1) is 14.8. The van der Waals surface area contributed by atoms with E-state index in [1.165, 1.54) is 0 Å². The SMILES string of the molecule is CCCNCc1ccc(OC)cc1OCCCF. The van der Waals surface area contributed by atoms with Crippen molar-refractivity contribution < 1.29 is 13.9 Å². The fraction of sp³-hybridized carbons (Fsp3) is 0.571. The van der Waals surface area contributed by atoms with Crippen LogP contribution in [-0.4, -0.2) is 26.9 Å². The Morgan fingerprint density at radius 2 is 2.17 bits per heavy atom. The molecule has 0 aromatic heterocycles. The minimum Gasteiger partial charge on any atom is -0.497 e. The van der Waals surface area contributed by atoms with E-state index in [-0.39, 0.29) is 6.67 Å². The molecule has 0 bridgehead atoms. The highest BCUT2D eigenvalue weighted by atomic mass is 19.1. The molecule has 0 saturated carbocycles. The van der Waals surface area contributed by atoms with E-state index in [0.29, 0.717) is 13.0 Å². The summed E-state index contributed by atoms with van der Waals surface area (Å²) in [6.07, 6.45) is 1.51. The molecule has 3 nitrogen and oxygen atoms in total. The maximum absolute atomic E-state index is 12.1. The lowest BCUT2D eigenvalue weighted by atomic mass is 10.2. The fourth-order valence-corrected chi connectivity index (χ4v) is 1.58. The van der Waals surface area contributed by atoms with Crippen LogP contribution >= 0.6 is 0 Å². The number of hydrogen-bond acceptors (Lipinski definition) is 3. The molecule has 0 atom stereocenters. The zero-order chi connectivity index (χ0) is 13.2. The minimum atomic E-state index is -0.354. The fourth-order valence-electron chi connectivity index (χ4n) is 1.58. The molecular weight excluding hydrogens is 233 g/mol. The summed E-state index contributed by atoms with van der Waals surface area (Å²) in [5, 5.41) is 3.32. The Labute approximate surface area is 108 Å². The summed E-state index contributed by atoms with van der Waals surface area (Å²) < 4.78 is 22.8. The van der Waals surface area contributed by atoms with Gasteiger partial charge in [-0.1, -0.05) is 13.0 Å². The molecule has 0 amide bonds. The lowest BCUT2D eigenvalue weighted by Crippen LogP contribution is -2.15. The molecular formula is C14H22FNO2. The van der Waals surface area contributed by atoms with E-state index in [4.69, 9.17) is 9.47 Å². The van der Waals surface area contributed by atoms with E-state index < -0.39 is 0 Å². The van der Waals surface area contributed by atoms with Crippen molar-refractivity contribution in [3.05, 3.63) is 23.8 Å². The molecule has 1 aromatic carbocycles. The number of methoxy groups -OCH3 is 1. The van der Waals surface area contributed by atoms with Gasteiger partial charge in [0.15, 0.2) is 0 Å². The van der Waals surface area contributed by atoms with Gasteiger partial charge in [0.25, 0.3) is 0 Å². The number of rotatable bonds is 9. The van der Waals surface area contributed by atoms with E-state index in [0.717, 1.165) is 36.6 Å². The second kappa shape index (κ2) is 8.75. The van der Waals surface area contributed by atoms with Crippen LogP contribution in [0.3, 0.4) is 0 Å². The van der Waals surface area contributed by atoms with Crippen LogP contribution in [0.25, 0.3) is 0 Å². The van der Waals surface area contributed by atoms with Crippen LogP contribution < -0.4 is 14.8 Å². The summed E-state index contributed by atoms with van der Waals surface area (Å²) in [6, 6.07) is 5.73. The average Bonchev–Trinajstić information content (AvgIpc) is 2.40. The Balaban J connectivity index is 2.66. The second-order valence-corrected chi connectivity index (χ2v) is 4.04. The monoisotopic (exact) mass is 255 g/mol. The maximum Gasteiger partial charge on any atom is 0.127 e. The highest BCUT2D eigenvalue weighted by Gasteiger charge is 2.05. The molecule has 0 radical (unpaired) electrons. The molecule has 0 spiro atoms. The third-order valence-corrected chi connectivity index (χ3v) is 2.55. The van der Waals surface area contributed by atoms with Crippen molar-refractivity contribution >= 4 is 0 Å². The molecule has 102 valence electrons. The van der Waals surface area contributed by atoms with Gasteiger partial charge in [0.1, 0.15) is 11.5 Å². The van der Waals surface area contributed by atoms with Gasteiger partial charge in [0.05, 0.1) is 20.4 Å². The van der Waals surface area contributed by atoms with Crippen molar-refractivity contribution in [2.24, 2.45) is 0 Å². The van der Waals surface area contributed by atoms with Crippen molar-refractivity contribution in [3.63, 3.8) is 0 Å². The molecule has 4 heteroatoms. The summed E-state index contributed by atoms with van der Waals surface area (Å²) in [5.41, 5.74) is 1.07. The van der Waals surface area contributed by atoms with Gasteiger partial charge in [0.2, 0.25) is 0 Å². The summed E-state index contributed by atoms with van der Waals surface area (Å²) in [4.78, 5) is 0. The summed E-state index contributed by atoms with van der Waals surface area (Å²) in [5.74, 6) is 1.52. The lowest BCUT2D eigenvalue weighted by Gasteiger charge is -2.13. The van der Waals surface area contributed by atoms with Gasteiger partial charge in [-0.15, -0.1) is 0 Å². The summed E-state index contributed by atoms with van der Waals surface area (Å²) in [7, 11) is 1.62. The Hall–Kier alpha value is -1.29. The zero-order valence-electron chi connectivity index (χ0n) is 11.2. The van der Waals surface area contributed by atoms with Gasteiger partial charge < -0.3 is 14.8 Å². The van der Waals surface area contributed by atoms with E-state index in [9.17, 15) is 4.39 Å². The number of ether oxygens (including phenoxy) is 2.